The monoisotopic (exact) mass is 513 g/mol. The Kier molecular flexibility index (Phi) is 10.8. The predicted molar refractivity (Wildman–Crippen MR) is 129 cm³/mol. The summed E-state index contributed by atoms with van der Waals surface area (Å²) in [6.07, 6.45) is -0.714. The lowest BCUT2D eigenvalue weighted by molar-refractivity contribution is 0.186. The van der Waals surface area contributed by atoms with Gasteiger partial charge in [0.05, 0.1) is 32.9 Å². The van der Waals surface area contributed by atoms with Crippen molar-refractivity contribution in [3.05, 3.63) is 59.2 Å². The van der Waals surface area contributed by atoms with Gasteiger partial charge in [0.25, 0.3) is 0 Å². The number of rotatable bonds is 8. The summed E-state index contributed by atoms with van der Waals surface area (Å²) in [5.41, 5.74) is 2.99. The van der Waals surface area contributed by atoms with Crippen LogP contribution in [-0.2, 0) is 0 Å². The van der Waals surface area contributed by atoms with Crippen LogP contribution in [0.4, 0.5) is 0 Å². The largest absolute Gasteiger partial charge is 0.497 e. The molecule has 2 aromatic carbocycles. The molecule has 0 saturated carbocycles. The Hall–Kier alpha value is -2.00. The van der Waals surface area contributed by atoms with Crippen LogP contribution in [0.25, 0.3) is 0 Å². The Balaban J connectivity index is 0.00000420. The van der Waals surface area contributed by atoms with Gasteiger partial charge in [-0.25, -0.2) is 0 Å². The highest BCUT2D eigenvalue weighted by Gasteiger charge is 2.14. The molecule has 7 heteroatoms. The first-order chi connectivity index (χ1) is 13.5. The smallest absolute Gasteiger partial charge is 0.191 e. The quantitative estimate of drug-likeness (QED) is 0.283. The summed E-state index contributed by atoms with van der Waals surface area (Å²) >= 11 is 0. The zero-order valence-electron chi connectivity index (χ0n) is 17.7. The van der Waals surface area contributed by atoms with Crippen molar-refractivity contribution in [2.75, 3.05) is 27.3 Å². The molecule has 0 aliphatic carbocycles. The lowest BCUT2D eigenvalue weighted by atomic mass is 10.0. The number of aliphatic imine (C=N–C) groups is 1. The molecule has 0 bridgehead atoms. The zero-order chi connectivity index (χ0) is 20.5. The minimum Gasteiger partial charge on any atom is -0.497 e. The van der Waals surface area contributed by atoms with Crippen molar-refractivity contribution in [1.29, 1.82) is 0 Å². The average molecular weight is 513 g/mol. The number of nitrogens with one attached hydrogen (secondary N) is 2. The van der Waals surface area contributed by atoms with Gasteiger partial charge in [-0.2, -0.15) is 0 Å². The minimum atomic E-state index is -0.714. The Labute approximate surface area is 190 Å². The van der Waals surface area contributed by atoms with Crippen molar-refractivity contribution in [2.45, 2.75) is 32.9 Å². The van der Waals surface area contributed by atoms with Crippen molar-refractivity contribution >= 4 is 29.9 Å². The van der Waals surface area contributed by atoms with Crippen molar-refractivity contribution in [1.82, 2.24) is 10.6 Å². The van der Waals surface area contributed by atoms with E-state index in [1.165, 1.54) is 5.56 Å². The molecular weight excluding hydrogens is 481 g/mol. The second-order valence-corrected chi connectivity index (χ2v) is 6.62. The number of hydrogen-bond donors (Lipinski definition) is 3. The molecule has 6 nitrogen and oxygen atoms in total. The molecule has 160 valence electrons. The molecule has 0 aliphatic heterocycles. The Bertz CT molecular complexity index is 799. The number of guanidine groups is 1. The van der Waals surface area contributed by atoms with Gasteiger partial charge in [-0.15, -0.1) is 24.0 Å². The number of ether oxygens (including phenoxy) is 2. The summed E-state index contributed by atoms with van der Waals surface area (Å²) in [7, 11) is 3.28. The van der Waals surface area contributed by atoms with Gasteiger partial charge in [0.15, 0.2) is 5.96 Å². The van der Waals surface area contributed by atoms with Crippen molar-refractivity contribution in [3.8, 4) is 11.5 Å². The number of nitrogens with zero attached hydrogens (tertiary/aromatic N) is 1. The van der Waals surface area contributed by atoms with Crippen LogP contribution in [0.2, 0.25) is 0 Å². The molecule has 0 saturated heterocycles. The standard InChI is InChI=1S/C22H31N3O3.HI/c1-6-23-22(24-14-20(26)17-8-7-9-18(13-17)27-4)25-16(3)19-12-15(2)10-11-21(19)28-5;/h7-13,16,20,26H,6,14H2,1-5H3,(H2,23,24,25);1H. The number of aryl methyl sites for hydroxylation is 1. The highest BCUT2D eigenvalue weighted by Crippen LogP contribution is 2.26. The summed E-state index contributed by atoms with van der Waals surface area (Å²) in [5.74, 6) is 2.18. The minimum absolute atomic E-state index is 0. The third-order valence-electron chi connectivity index (χ3n) is 4.45. The lowest BCUT2D eigenvalue weighted by Gasteiger charge is -2.21. The summed E-state index contributed by atoms with van der Waals surface area (Å²) in [6.45, 7) is 7.08. The van der Waals surface area contributed by atoms with Crippen LogP contribution in [0.15, 0.2) is 47.5 Å². The van der Waals surface area contributed by atoms with Crippen molar-refractivity contribution in [2.24, 2.45) is 4.99 Å². The third-order valence-corrected chi connectivity index (χ3v) is 4.45. The molecule has 0 heterocycles. The summed E-state index contributed by atoms with van der Waals surface area (Å²) < 4.78 is 10.7. The van der Waals surface area contributed by atoms with Gasteiger partial charge in [-0.3, -0.25) is 4.99 Å². The molecule has 2 rings (SSSR count). The van der Waals surface area contributed by atoms with Crippen LogP contribution in [0.3, 0.4) is 0 Å². The van der Waals surface area contributed by atoms with E-state index in [0.717, 1.165) is 23.4 Å². The van der Waals surface area contributed by atoms with E-state index >= 15 is 0 Å². The average Bonchev–Trinajstić information content (AvgIpc) is 2.71. The maximum absolute atomic E-state index is 10.5. The Morgan fingerprint density at radius 1 is 1.14 bits per heavy atom. The van der Waals surface area contributed by atoms with Crippen LogP contribution >= 0.6 is 24.0 Å². The maximum atomic E-state index is 10.5. The first-order valence-electron chi connectivity index (χ1n) is 9.49. The number of aliphatic hydroxyl groups excluding tert-OH is 1. The molecule has 0 fully saturated rings. The molecular formula is C22H32IN3O3. The Morgan fingerprint density at radius 3 is 2.55 bits per heavy atom. The molecule has 0 amide bonds. The van der Waals surface area contributed by atoms with E-state index in [1.807, 2.05) is 43.3 Å². The van der Waals surface area contributed by atoms with E-state index in [9.17, 15) is 5.11 Å². The third kappa shape index (κ3) is 7.40. The van der Waals surface area contributed by atoms with Gasteiger partial charge < -0.3 is 25.2 Å². The fourth-order valence-corrected chi connectivity index (χ4v) is 2.93. The predicted octanol–water partition coefficient (Wildman–Crippen LogP) is 3.98. The van der Waals surface area contributed by atoms with E-state index in [1.54, 1.807) is 14.2 Å². The normalized spacial score (nSPS) is 13.1. The molecule has 0 aliphatic rings. The van der Waals surface area contributed by atoms with Gasteiger partial charge in [0, 0.05) is 12.1 Å². The van der Waals surface area contributed by atoms with Crippen LogP contribution in [0.5, 0.6) is 11.5 Å². The molecule has 3 N–H and O–H groups in total. The lowest BCUT2D eigenvalue weighted by Crippen LogP contribution is -2.39. The van der Waals surface area contributed by atoms with E-state index < -0.39 is 6.10 Å². The van der Waals surface area contributed by atoms with Crippen LogP contribution in [0.1, 0.15) is 42.7 Å². The molecule has 2 atom stereocenters. The van der Waals surface area contributed by atoms with Gasteiger partial charge in [0.1, 0.15) is 11.5 Å². The molecule has 0 radical (unpaired) electrons. The van der Waals surface area contributed by atoms with E-state index in [-0.39, 0.29) is 36.6 Å². The van der Waals surface area contributed by atoms with Crippen LogP contribution < -0.4 is 20.1 Å². The van der Waals surface area contributed by atoms with Crippen molar-refractivity contribution < 1.29 is 14.6 Å². The maximum Gasteiger partial charge on any atom is 0.191 e. The van der Waals surface area contributed by atoms with Gasteiger partial charge in [-0.05, 0) is 44.5 Å². The fourth-order valence-electron chi connectivity index (χ4n) is 2.93. The second kappa shape index (κ2) is 12.5. The molecule has 2 unspecified atom stereocenters. The first-order valence-corrected chi connectivity index (χ1v) is 9.49. The number of hydrogen-bond acceptors (Lipinski definition) is 4. The van der Waals surface area contributed by atoms with Gasteiger partial charge in [0.2, 0.25) is 0 Å². The number of benzene rings is 2. The number of methoxy groups -OCH3 is 2. The molecule has 0 spiro atoms. The number of halogens is 1. The summed E-state index contributed by atoms with van der Waals surface area (Å²) in [6, 6.07) is 13.5. The summed E-state index contributed by atoms with van der Waals surface area (Å²) in [5, 5.41) is 17.1. The first kappa shape index (κ1) is 25.0. The second-order valence-electron chi connectivity index (χ2n) is 6.62. The SMILES string of the molecule is CCNC(=NCC(O)c1cccc(OC)c1)NC(C)c1cc(C)ccc1OC.I. The molecule has 2 aromatic rings. The van der Waals surface area contributed by atoms with E-state index in [4.69, 9.17) is 9.47 Å². The topological polar surface area (TPSA) is 75.1 Å². The summed E-state index contributed by atoms with van der Waals surface area (Å²) in [4.78, 5) is 4.55. The zero-order valence-corrected chi connectivity index (χ0v) is 20.1. The fraction of sp³-hybridized carbons (Fsp3) is 0.409. The highest BCUT2D eigenvalue weighted by molar-refractivity contribution is 14.0. The van der Waals surface area contributed by atoms with E-state index in [0.29, 0.717) is 11.7 Å². The molecule has 29 heavy (non-hydrogen) atoms. The Morgan fingerprint density at radius 2 is 1.90 bits per heavy atom. The molecule has 0 aromatic heterocycles. The van der Waals surface area contributed by atoms with Gasteiger partial charge in [-0.1, -0.05) is 29.8 Å². The van der Waals surface area contributed by atoms with Gasteiger partial charge >= 0.3 is 0 Å². The van der Waals surface area contributed by atoms with Crippen LogP contribution in [-0.4, -0.2) is 38.4 Å². The van der Waals surface area contributed by atoms with Crippen LogP contribution in [0, 0.1) is 6.92 Å². The van der Waals surface area contributed by atoms with Crippen molar-refractivity contribution in [3.63, 3.8) is 0 Å². The highest BCUT2D eigenvalue weighted by atomic mass is 127. The van der Waals surface area contributed by atoms with E-state index in [2.05, 4.69) is 35.5 Å². The number of aliphatic hydroxyl groups is 1.